The van der Waals surface area contributed by atoms with Gasteiger partial charge in [-0.3, -0.25) is 14.7 Å². The summed E-state index contributed by atoms with van der Waals surface area (Å²) >= 11 is 0. The van der Waals surface area contributed by atoms with Crippen molar-refractivity contribution in [2.24, 2.45) is 0 Å². The summed E-state index contributed by atoms with van der Waals surface area (Å²) in [6.45, 7) is 14.9. The number of fused-ring (bicyclic) bond motifs is 14. The van der Waals surface area contributed by atoms with E-state index in [1.807, 2.05) is 49.6 Å². The van der Waals surface area contributed by atoms with Gasteiger partial charge in [0.05, 0.1) is 56.6 Å². The van der Waals surface area contributed by atoms with Crippen LogP contribution in [0.5, 0.6) is 57.5 Å². The highest BCUT2D eigenvalue weighted by molar-refractivity contribution is 5.83. The van der Waals surface area contributed by atoms with Crippen LogP contribution in [0.4, 0.5) is 4.79 Å². The lowest BCUT2D eigenvalue weighted by Crippen LogP contribution is -2.71. The first-order chi connectivity index (χ1) is 41.2. The minimum Gasteiger partial charge on any atom is -0.504 e. The molecule has 4 aromatic carbocycles. The number of nitrogens with zero attached hydrogens (tertiary/aromatic N) is 5. The van der Waals surface area contributed by atoms with Crippen LogP contribution in [-0.4, -0.2) is 156 Å². The number of aryl methyl sites for hydroxylation is 2. The Balaban J connectivity index is 0.000000181. The number of benzene rings is 4. The van der Waals surface area contributed by atoms with E-state index in [9.17, 15) is 30.0 Å². The molecule has 0 aromatic heterocycles. The normalized spacial score (nSPS) is 25.3. The Hall–Kier alpha value is -8.65. The second-order valence-electron chi connectivity index (χ2n) is 21.5. The third kappa shape index (κ3) is 9.61. The number of nitriles is 2. The van der Waals surface area contributed by atoms with Crippen molar-refractivity contribution >= 4 is 18.0 Å². The van der Waals surface area contributed by atoms with Crippen LogP contribution in [0.3, 0.4) is 0 Å². The fourth-order valence-electron chi connectivity index (χ4n) is 13.6. The zero-order valence-corrected chi connectivity index (χ0v) is 48.3. The lowest BCUT2D eigenvalue weighted by Gasteiger charge is -2.58. The second kappa shape index (κ2) is 23.8. The van der Waals surface area contributed by atoms with Gasteiger partial charge in [-0.05, 0) is 74.9 Å². The molecule has 10 atom stereocenters. The molecule has 24 heteroatoms. The summed E-state index contributed by atoms with van der Waals surface area (Å²) in [6, 6.07) is 5.28. The predicted molar refractivity (Wildman–Crippen MR) is 297 cm³/mol. The molecule has 8 heterocycles. The molecule has 1 amide bonds. The molecule has 0 unspecified atom stereocenters. The summed E-state index contributed by atoms with van der Waals surface area (Å²) in [5, 5.41) is 36.0. The maximum Gasteiger partial charge on any atom is 0.411 e. The van der Waals surface area contributed by atoms with E-state index in [0.717, 1.165) is 22.3 Å². The lowest BCUT2D eigenvalue weighted by atomic mass is 9.75. The number of hydrogen-bond donors (Lipinski definition) is 2. The van der Waals surface area contributed by atoms with Crippen molar-refractivity contribution in [3.63, 3.8) is 0 Å². The van der Waals surface area contributed by atoms with Gasteiger partial charge in [-0.2, -0.15) is 10.5 Å². The van der Waals surface area contributed by atoms with E-state index in [2.05, 4.69) is 30.6 Å². The molecule has 0 aliphatic carbocycles. The molecule has 448 valence electrons. The number of methoxy groups -OCH3 is 4. The number of carbonyl (C=O) groups excluding carboxylic acids is 3. The van der Waals surface area contributed by atoms with Crippen LogP contribution in [0.2, 0.25) is 0 Å². The molecule has 4 fully saturated rings. The monoisotopic (exact) mass is 1170 g/mol. The van der Waals surface area contributed by atoms with Gasteiger partial charge in [0.2, 0.25) is 13.6 Å². The second-order valence-corrected chi connectivity index (χ2v) is 21.5. The van der Waals surface area contributed by atoms with Crippen LogP contribution in [-0.2, 0) is 46.1 Å². The number of piperazine rings is 2. The fraction of sp³-hybridized carbons (Fsp3) is 0.459. The van der Waals surface area contributed by atoms with Crippen molar-refractivity contribution < 1.29 is 85.8 Å². The Labute approximate surface area is 490 Å². The van der Waals surface area contributed by atoms with Crippen molar-refractivity contribution in [1.82, 2.24) is 20.0 Å². The quantitative estimate of drug-likeness (QED) is 0.0579. The van der Waals surface area contributed by atoms with Crippen LogP contribution in [0.15, 0.2) is 49.6 Å². The van der Waals surface area contributed by atoms with Crippen molar-refractivity contribution in [2.45, 2.75) is 101 Å². The zero-order chi connectivity index (χ0) is 60.1. The van der Waals surface area contributed by atoms with Crippen molar-refractivity contribution in [3.05, 3.63) is 105 Å². The lowest BCUT2D eigenvalue weighted by molar-refractivity contribution is -0.179. The summed E-state index contributed by atoms with van der Waals surface area (Å²) in [4.78, 5) is 46.6. The number of cyclic esters (lactones) is 2. The standard InChI is InChI=1S/C34H37N3O10.C27H29N3O8/c1-7-9-42-32-26-20(11-18(3)29(32)41-6)12-22-23(14-35)36-24(28(26)37(22)34(39)43-10-8-2)15-44-33(38)27(36)21-13-25(45-16-40-5)19(4)30-31(21)47-17-46-30;1-12-5-14-6-16-17(8-28)30-18(21(29-16)20(14)23(31)24(12)34-4)9-35-27(32)22(30)15-7-19(36-10-33-3)13(2)25-26(15)38-11-37-25/h7-8,11,13,22-24,27-28H,1-2,9-10,12,15-17H2,3-6H3;5,7,16-18,21-22,29,31H,6,9-11H2,1-4H3/t22-,23+,24-,27-,28-;16-,17+,18-,21-,22-/m00/s1. The Bertz CT molecular complexity index is 3450. The Morgan fingerprint density at radius 1 is 0.671 bits per heavy atom. The largest absolute Gasteiger partial charge is 0.504 e. The van der Waals surface area contributed by atoms with Gasteiger partial charge in [0.1, 0.15) is 62.1 Å². The van der Waals surface area contributed by atoms with Crippen LogP contribution in [0, 0.1) is 50.4 Å². The maximum atomic E-state index is 13.9. The van der Waals surface area contributed by atoms with Crippen molar-refractivity contribution in [1.29, 1.82) is 10.5 Å². The van der Waals surface area contributed by atoms with Gasteiger partial charge >= 0.3 is 18.0 Å². The first-order valence-electron chi connectivity index (χ1n) is 27.6. The zero-order valence-electron chi connectivity index (χ0n) is 48.3. The van der Waals surface area contributed by atoms with Gasteiger partial charge in [0.25, 0.3) is 0 Å². The average Bonchev–Trinajstić information content (AvgIpc) is 1.00. The number of phenolic OH excluding ortho intramolecular Hbond substituents is 1. The molecule has 0 radical (unpaired) electrons. The van der Waals surface area contributed by atoms with E-state index < -0.39 is 72.4 Å². The van der Waals surface area contributed by atoms with Crippen LogP contribution >= 0.6 is 0 Å². The molecule has 0 saturated carbocycles. The molecule has 4 aromatic rings. The Morgan fingerprint density at radius 2 is 1.20 bits per heavy atom. The summed E-state index contributed by atoms with van der Waals surface area (Å²) in [7, 11) is 6.10. The van der Waals surface area contributed by atoms with Crippen LogP contribution in [0.25, 0.3) is 0 Å². The highest BCUT2D eigenvalue weighted by Crippen LogP contribution is 2.57. The third-order valence-electron chi connectivity index (χ3n) is 16.9. The Kier molecular flexibility index (Phi) is 16.3. The maximum absolute atomic E-state index is 13.9. The number of phenols is 1. The summed E-state index contributed by atoms with van der Waals surface area (Å²) in [5.74, 6) is 2.94. The third-order valence-corrected chi connectivity index (χ3v) is 16.9. The number of aromatic hydroxyl groups is 1. The minimum absolute atomic E-state index is 0.00300. The number of nitrogens with one attached hydrogen (secondary N) is 1. The number of esters is 2. The average molecular weight is 1170 g/mol. The molecule has 24 nitrogen and oxygen atoms in total. The molecule has 8 aliphatic rings. The van der Waals surface area contributed by atoms with Gasteiger partial charge < -0.3 is 76.7 Å². The number of hydrogen-bond acceptors (Lipinski definition) is 23. The Morgan fingerprint density at radius 3 is 1.74 bits per heavy atom. The van der Waals surface area contributed by atoms with Gasteiger partial charge in [-0.15, -0.1) is 0 Å². The van der Waals surface area contributed by atoms with Gasteiger partial charge in [0.15, 0.2) is 59.6 Å². The highest BCUT2D eigenvalue weighted by atomic mass is 16.7. The van der Waals surface area contributed by atoms with Crippen molar-refractivity contribution in [3.8, 4) is 69.6 Å². The van der Waals surface area contributed by atoms with Crippen LogP contribution < -0.4 is 47.9 Å². The number of rotatable bonds is 15. The topological polar surface area (TPSA) is 270 Å². The smallest absolute Gasteiger partial charge is 0.411 e. The number of ether oxygens (including phenoxy) is 14. The number of carbonyl (C=O) groups is 3. The van der Waals surface area contributed by atoms with E-state index in [0.29, 0.717) is 91.5 Å². The highest BCUT2D eigenvalue weighted by Gasteiger charge is 2.61. The number of amides is 1. The molecule has 2 N–H and O–H groups in total. The number of morpholine rings is 2. The first-order valence-corrected chi connectivity index (χ1v) is 27.6. The van der Waals surface area contributed by atoms with Gasteiger partial charge in [0, 0.05) is 53.6 Å². The SMILES string of the molecule is C=CCOC(=O)N1[C@@H]2c3c(cc(C)c(OC)c3OCC=C)C[C@H]1[C@@H](C#N)N1[C@@H](c3cc(OCOC)c(C)c4c3OCO4)C(=O)OC[C@@H]21.COCOc1cc([C@H]2C(=O)OC[C@H]3[C@@H]4N[C@@H](Cc5cc(C)c(OC)c(O)c54)[C@@H](C#N)N23)c2c(c1C)OCO2. The molecule has 8 aliphatic heterocycles. The van der Waals surface area contributed by atoms with Gasteiger partial charge in [-0.25, -0.2) is 14.4 Å². The molecular weight excluding hydrogens is 1100 g/mol. The first kappa shape index (κ1) is 58.1. The molecular formula is C61H66N6O18. The van der Waals surface area contributed by atoms with E-state index >= 15 is 0 Å². The fourth-order valence-corrected chi connectivity index (χ4v) is 13.6. The molecule has 4 saturated heterocycles. The van der Waals surface area contributed by atoms with Crippen LogP contribution in [0.1, 0.15) is 79.8 Å². The van der Waals surface area contributed by atoms with E-state index in [-0.39, 0.29) is 71.8 Å². The summed E-state index contributed by atoms with van der Waals surface area (Å²) in [6.07, 6.45) is 3.25. The summed E-state index contributed by atoms with van der Waals surface area (Å²) < 4.78 is 80.0. The van der Waals surface area contributed by atoms with Crippen molar-refractivity contribution in [2.75, 3.05) is 82.0 Å². The molecule has 85 heavy (non-hydrogen) atoms. The molecule has 0 spiro atoms. The van der Waals surface area contributed by atoms with E-state index in [1.165, 1.54) is 27.4 Å². The minimum atomic E-state index is -1.11. The summed E-state index contributed by atoms with van der Waals surface area (Å²) in [5.41, 5.74) is 7.17. The van der Waals surface area contributed by atoms with Gasteiger partial charge in [-0.1, -0.05) is 37.4 Å². The molecule has 12 rings (SSSR count). The van der Waals surface area contributed by atoms with E-state index in [4.69, 9.17) is 66.3 Å². The predicted octanol–water partition coefficient (Wildman–Crippen LogP) is 6.21. The molecule has 4 bridgehead atoms. The van der Waals surface area contributed by atoms with E-state index in [1.54, 1.807) is 30.2 Å².